The fraction of sp³-hybridized carbons (Fsp3) is 0.250. The Hall–Kier alpha value is -1.61. The minimum Gasteiger partial charge on any atom is -0.399 e. The van der Waals surface area contributed by atoms with E-state index >= 15 is 0 Å². The Balaban J connectivity index is 2.05. The number of hydrogen-bond donors (Lipinski definition) is 1. The molecule has 0 bridgehead atoms. The van der Waals surface area contributed by atoms with Crippen LogP contribution in [0, 0.1) is 13.8 Å². The molecule has 0 aromatic heterocycles. The maximum Gasteiger partial charge on any atom is 0.0535 e. The fourth-order valence-corrected chi connectivity index (χ4v) is 3.34. The first-order chi connectivity index (χ1) is 9.06. The molecule has 100 valence electrons. The molecule has 19 heavy (non-hydrogen) atoms. The van der Waals surface area contributed by atoms with E-state index in [1.54, 1.807) is 0 Å². The number of rotatable bonds is 4. The van der Waals surface area contributed by atoms with Crippen LogP contribution in [-0.2, 0) is 17.2 Å². The Morgan fingerprint density at radius 1 is 1.05 bits per heavy atom. The van der Waals surface area contributed by atoms with Crippen molar-refractivity contribution in [3.05, 3.63) is 59.2 Å². The first-order valence-electron chi connectivity index (χ1n) is 6.36. The number of hydrogen-bond acceptors (Lipinski definition) is 2. The molecule has 0 saturated heterocycles. The average Bonchev–Trinajstić information content (AvgIpc) is 2.40. The van der Waals surface area contributed by atoms with Crippen LogP contribution in [0.15, 0.2) is 47.4 Å². The minimum atomic E-state index is -0.942. The first-order valence-corrected chi connectivity index (χ1v) is 7.68. The lowest BCUT2D eigenvalue weighted by Gasteiger charge is -2.07. The van der Waals surface area contributed by atoms with Crippen LogP contribution in [0.25, 0.3) is 0 Å². The van der Waals surface area contributed by atoms with Gasteiger partial charge in [0.2, 0.25) is 0 Å². The van der Waals surface area contributed by atoms with Crippen molar-refractivity contribution in [2.24, 2.45) is 0 Å². The lowest BCUT2D eigenvalue weighted by atomic mass is 10.1. The molecule has 3 heteroatoms. The van der Waals surface area contributed by atoms with Crippen LogP contribution >= 0.6 is 0 Å². The van der Waals surface area contributed by atoms with Crippen LogP contribution in [0.5, 0.6) is 0 Å². The van der Waals surface area contributed by atoms with E-state index in [1.165, 1.54) is 5.56 Å². The molecule has 2 rings (SSSR count). The second-order valence-corrected chi connectivity index (χ2v) is 6.35. The molecule has 0 amide bonds. The van der Waals surface area contributed by atoms with Gasteiger partial charge in [0.1, 0.15) is 0 Å². The van der Waals surface area contributed by atoms with Gasteiger partial charge in [-0.25, -0.2) is 0 Å². The molecule has 0 aliphatic carbocycles. The Bertz CT molecular complexity index is 590. The van der Waals surface area contributed by atoms with Crippen LogP contribution in [-0.4, -0.2) is 9.96 Å². The maximum atomic E-state index is 12.3. The number of nitrogen functional groups attached to an aromatic ring is 1. The monoisotopic (exact) mass is 273 g/mol. The third-order valence-electron chi connectivity index (χ3n) is 3.14. The molecule has 0 saturated carbocycles. The van der Waals surface area contributed by atoms with Gasteiger partial charge in [-0.2, -0.15) is 0 Å². The van der Waals surface area contributed by atoms with E-state index in [9.17, 15) is 4.21 Å². The summed E-state index contributed by atoms with van der Waals surface area (Å²) >= 11 is 0. The van der Waals surface area contributed by atoms with Crippen molar-refractivity contribution in [3.8, 4) is 0 Å². The molecule has 2 nitrogen and oxygen atoms in total. The van der Waals surface area contributed by atoms with Gasteiger partial charge in [-0.1, -0.05) is 24.3 Å². The highest BCUT2D eigenvalue weighted by Crippen LogP contribution is 2.16. The predicted octanol–water partition coefficient (Wildman–Crippen LogP) is 3.24. The van der Waals surface area contributed by atoms with E-state index in [-0.39, 0.29) is 0 Å². The van der Waals surface area contributed by atoms with E-state index in [0.717, 1.165) is 28.1 Å². The lowest BCUT2D eigenvalue weighted by Crippen LogP contribution is -2.04. The number of benzene rings is 2. The highest BCUT2D eigenvalue weighted by atomic mass is 32.2. The second-order valence-electron chi connectivity index (χ2n) is 4.81. The molecule has 2 aromatic rings. The second kappa shape index (κ2) is 6.02. The Kier molecular flexibility index (Phi) is 4.38. The van der Waals surface area contributed by atoms with Crippen molar-refractivity contribution in [2.75, 3.05) is 11.5 Å². The zero-order valence-corrected chi connectivity index (χ0v) is 12.2. The van der Waals surface area contributed by atoms with Crippen molar-refractivity contribution in [2.45, 2.75) is 25.2 Å². The molecule has 0 spiro atoms. The Morgan fingerprint density at radius 2 is 1.74 bits per heavy atom. The summed E-state index contributed by atoms with van der Waals surface area (Å²) in [5, 5.41) is 0. The largest absolute Gasteiger partial charge is 0.399 e. The summed E-state index contributed by atoms with van der Waals surface area (Å²) in [6.45, 7) is 4.04. The molecule has 0 fully saturated rings. The Morgan fingerprint density at radius 3 is 2.42 bits per heavy atom. The molecular formula is C16H19NOS. The smallest absolute Gasteiger partial charge is 0.0535 e. The third kappa shape index (κ3) is 3.67. The standard InChI is InChI=1S/C16H19NOS/c1-12-3-4-13(2)16(11-12)19(18)10-9-14-5-7-15(17)8-6-14/h3-8,11H,9-10,17H2,1-2H3. The molecule has 0 aliphatic rings. The summed E-state index contributed by atoms with van der Waals surface area (Å²) < 4.78 is 12.3. The van der Waals surface area contributed by atoms with Gasteiger partial charge < -0.3 is 5.73 Å². The van der Waals surface area contributed by atoms with Gasteiger partial charge in [0.05, 0.1) is 10.8 Å². The summed E-state index contributed by atoms with van der Waals surface area (Å²) in [5.41, 5.74) is 9.84. The normalized spacial score (nSPS) is 12.3. The summed E-state index contributed by atoms with van der Waals surface area (Å²) in [5.74, 6) is 0.647. The molecule has 2 N–H and O–H groups in total. The van der Waals surface area contributed by atoms with Crippen molar-refractivity contribution in [1.82, 2.24) is 0 Å². The molecule has 1 atom stereocenters. The molecule has 2 aromatic carbocycles. The number of anilines is 1. The van der Waals surface area contributed by atoms with Crippen LogP contribution in [0.3, 0.4) is 0 Å². The van der Waals surface area contributed by atoms with E-state index in [1.807, 2.05) is 50.2 Å². The van der Waals surface area contributed by atoms with Crippen molar-refractivity contribution < 1.29 is 4.21 Å². The summed E-state index contributed by atoms with van der Waals surface area (Å²) in [6, 6.07) is 13.9. The average molecular weight is 273 g/mol. The van der Waals surface area contributed by atoms with Crippen LogP contribution < -0.4 is 5.73 Å². The van der Waals surface area contributed by atoms with E-state index in [0.29, 0.717) is 5.75 Å². The zero-order valence-electron chi connectivity index (χ0n) is 11.3. The highest BCUT2D eigenvalue weighted by Gasteiger charge is 2.07. The summed E-state index contributed by atoms with van der Waals surface area (Å²) in [6.07, 6.45) is 0.806. The molecule has 0 radical (unpaired) electrons. The summed E-state index contributed by atoms with van der Waals surface area (Å²) in [4.78, 5) is 0.954. The van der Waals surface area contributed by atoms with Crippen LogP contribution in [0.1, 0.15) is 16.7 Å². The van der Waals surface area contributed by atoms with Gasteiger partial charge in [-0.05, 0) is 55.2 Å². The summed E-state index contributed by atoms with van der Waals surface area (Å²) in [7, 11) is -0.942. The quantitative estimate of drug-likeness (QED) is 0.869. The number of aryl methyl sites for hydroxylation is 3. The third-order valence-corrected chi connectivity index (χ3v) is 4.65. The van der Waals surface area contributed by atoms with Crippen molar-refractivity contribution >= 4 is 16.5 Å². The van der Waals surface area contributed by atoms with E-state index < -0.39 is 10.8 Å². The van der Waals surface area contributed by atoms with Gasteiger partial charge in [0.15, 0.2) is 0 Å². The SMILES string of the molecule is Cc1ccc(C)c(S(=O)CCc2ccc(N)cc2)c1. The van der Waals surface area contributed by atoms with E-state index in [2.05, 4.69) is 6.07 Å². The van der Waals surface area contributed by atoms with Crippen molar-refractivity contribution in [3.63, 3.8) is 0 Å². The predicted molar refractivity (Wildman–Crippen MR) is 81.7 cm³/mol. The molecule has 1 unspecified atom stereocenters. The van der Waals surface area contributed by atoms with Crippen LogP contribution in [0.2, 0.25) is 0 Å². The topological polar surface area (TPSA) is 43.1 Å². The molecule has 0 heterocycles. The minimum absolute atomic E-state index is 0.647. The van der Waals surface area contributed by atoms with Gasteiger partial charge in [-0.15, -0.1) is 0 Å². The maximum absolute atomic E-state index is 12.3. The first kappa shape index (κ1) is 13.8. The number of nitrogens with two attached hydrogens (primary N) is 1. The van der Waals surface area contributed by atoms with Gasteiger partial charge in [-0.3, -0.25) is 4.21 Å². The van der Waals surface area contributed by atoms with Crippen molar-refractivity contribution in [1.29, 1.82) is 0 Å². The van der Waals surface area contributed by atoms with Crippen LogP contribution in [0.4, 0.5) is 5.69 Å². The Labute approximate surface area is 117 Å². The molecular weight excluding hydrogens is 254 g/mol. The van der Waals surface area contributed by atoms with Gasteiger partial charge in [0.25, 0.3) is 0 Å². The van der Waals surface area contributed by atoms with Gasteiger partial charge in [0, 0.05) is 16.3 Å². The lowest BCUT2D eigenvalue weighted by molar-refractivity contribution is 0.682. The van der Waals surface area contributed by atoms with E-state index in [4.69, 9.17) is 5.73 Å². The highest BCUT2D eigenvalue weighted by molar-refractivity contribution is 7.85. The fourth-order valence-electron chi connectivity index (χ4n) is 1.96. The zero-order chi connectivity index (χ0) is 13.8. The van der Waals surface area contributed by atoms with Gasteiger partial charge >= 0.3 is 0 Å². The molecule has 0 aliphatic heterocycles.